The van der Waals surface area contributed by atoms with Gasteiger partial charge < -0.3 is 10.2 Å². The minimum atomic E-state index is 0.0390. The van der Waals surface area contributed by atoms with Gasteiger partial charge in [-0.2, -0.15) is 0 Å². The Bertz CT molecular complexity index is 813. The Morgan fingerprint density at radius 2 is 1.60 bits per heavy atom. The van der Waals surface area contributed by atoms with Gasteiger partial charge in [0.1, 0.15) is 11.5 Å². The standard InChI is InChI=1S/C16H10Cl2O2/c17-13-7-9-3-1-2-4-11(9)15(16(13)18)12-8-10(19)5-6-14(12)20/h1-8,19-20H. The van der Waals surface area contributed by atoms with Crippen LogP contribution in [0.2, 0.25) is 10.0 Å². The van der Waals surface area contributed by atoms with Crippen LogP contribution in [0.1, 0.15) is 0 Å². The Kier molecular flexibility index (Phi) is 3.20. The molecule has 0 aromatic heterocycles. The van der Waals surface area contributed by atoms with E-state index in [2.05, 4.69) is 0 Å². The molecule has 0 bridgehead atoms. The van der Waals surface area contributed by atoms with Gasteiger partial charge in [0.25, 0.3) is 0 Å². The lowest BCUT2D eigenvalue weighted by atomic mass is 9.97. The molecule has 0 heterocycles. The number of rotatable bonds is 1. The lowest BCUT2D eigenvalue weighted by Crippen LogP contribution is -1.86. The van der Waals surface area contributed by atoms with E-state index in [1.165, 1.54) is 18.2 Å². The maximum Gasteiger partial charge on any atom is 0.123 e. The predicted molar refractivity (Wildman–Crippen MR) is 82.7 cm³/mol. The molecule has 3 aromatic carbocycles. The van der Waals surface area contributed by atoms with E-state index in [-0.39, 0.29) is 11.5 Å². The van der Waals surface area contributed by atoms with Gasteiger partial charge in [-0.15, -0.1) is 0 Å². The summed E-state index contributed by atoms with van der Waals surface area (Å²) in [5, 5.41) is 22.2. The van der Waals surface area contributed by atoms with Gasteiger partial charge in [0.15, 0.2) is 0 Å². The van der Waals surface area contributed by atoms with E-state index < -0.39 is 0 Å². The highest BCUT2D eigenvalue weighted by Gasteiger charge is 2.16. The Morgan fingerprint density at radius 1 is 0.850 bits per heavy atom. The Morgan fingerprint density at radius 3 is 2.40 bits per heavy atom. The van der Waals surface area contributed by atoms with Crippen LogP contribution in [-0.4, -0.2) is 10.2 Å². The summed E-state index contributed by atoms with van der Waals surface area (Å²) in [4.78, 5) is 0. The van der Waals surface area contributed by atoms with Crippen LogP contribution in [-0.2, 0) is 0 Å². The van der Waals surface area contributed by atoms with Crippen molar-refractivity contribution in [2.24, 2.45) is 0 Å². The van der Waals surface area contributed by atoms with Gasteiger partial charge in [-0.1, -0.05) is 47.5 Å². The third-order valence-electron chi connectivity index (χ3n) is 3.19. The molecule has 4 heteroatoms. The molecule has 0 aliphatic heterocycles. The molecule has 0 aliphatic rings. The number of benzene rings is 3. The van der Waals surface area contributed by atoms with Crippen LogP contribution in [0, 0.1) is 0 Å². The summed E-state index contributed by atoms with van der Waals surface area (Å²) < 4.78 is 0. The average Bonchev–Trinajstić information content (AvgIpc) is 2.43. The van der Waals surface area contributed by atoms with Crippen LogP contribution in [0.25, 0.3) is 21.9 Å². The zero-order valence-corrected chi connectivity index (χ0v) is 11.8. The van der Waals surface area contributed by atoms with Crippen LogP contribution >= 0.6 is 23.2 Å². The summed E-state index contributed by atoms with van der Waals surface area (Å²) in [5.41, 5.74) is 1.07. The van der Waals surface area contributed by atoms with Crippen molar-refractivity contribution < 1.29 is 10.2 Å². The highest BCUT2D eigenvalue weighted by molar-refractivity contribution is 6.45. The van der Waals surface area contributed by atoms with E-state index in [1.54, 1.807) is 6.07 Å². The maximum absolute atomic E-state index is 10.1. The van der Waals surface area contributed by atoms with E-state index in [0.717, 1.165) is 10.8 Å². The lowest BCUT2D eigenvalue weighted by Gasteiger charge is -2.13. The van der Waals surface area contributed by atoms with Crippen LogP contribution in [0.3, 0.4) is 0 Å². The molecule has 2 nitrogen and oxygen atoms in total. The number of phenolic OH excluding ortho intramolecular Hbond substituents is 2. The fraction of sp³-hybridized carbons (Fsp3) is 0. The molecule has 2 N–H and O–H groups in total. The monoisotopic (exact) mass is 304 g/mol. The summed E-state index contributed by atoms with van der Waals surface area (Å²) in [6.07, 6.45) is 0. The summed E-state index contributed by atoms with van der Waals surface area (Å²) in [5.74, 6) is 0.0926. The van der Waals surface area contributed by atoms with Crippen molar-refractivity contribution in [3.63, 3.8) is 0 Å². The Labute approximate surface area is 125 Å². The second-order valence-electron chi connectivity index (χ2n) is 4.47. The summed E-state index contributed by atoms with van der Waals surface area (Å²) in [6.45, 7) is 0. The second kappa shape index (κ2) is 4.89. The van der Waals surface area contributed by atoms with Crippen LogP contribution in [0.4, 0.5) is 0 Å². The van der Waals surface area contributed by atoms with Crippen molar-refractivity contribution in [1.82, 2.24) is 0 Å². The third kappa shape index (κ3) is 2.07. The molecular formula is C16H10Cl2O2. The number of fused-ring (bicyclic) bond motifs is 1. The number of hydrogen-bond acceptors (Lipinski definition) is 2. The van der Waals surface area contributed by atoms with E-state index in [9.17, 15) is 10.2 Å². The molecule has 0 amide bonds. The van der Waals surface area contributed by atoms with Gasteiger partial charge in [0.2, 0.25) is 0 Å². The van der Waals surface area contributed by atoms with Crippen molar-refractivity contribution >= 4 is 34.0 Å². The topological polar surface area (TPSA) is 40.5 Å². The minimum absolute atomic E-state index is 0.0390. The molecule has 0 saturated carbocycles. The van der Waals surface area contributed by atoms with Crippen molar-refractivity contribution in [2.75, 3.05) is 0 Å². The van der Waals surface area contributed by atoms with Crippen molar-refractivity contribution in [3.05, 3.63) is 58.6 Å². The van der Waals surface area contributed by atoms with E-state index in [1.807, 2.05) is 24.3 Å². The third-order valence-corrected chi connectivity index (χ3v) is 3.98. The smallest absolute Gasteiger partial charge is 0.123 e. The van der Waals surface area contributed by atoms with Crippen LogP contribution < -0.4 is 0 Å². The van der Waals surface area contributed by atoms with Gasteiger partial charge >= 0.3 is 0 Å². The van der Waals surface area contributed by atoms with Gasteiger partial charge in [-0.3, -0.25) is 0 Å². The van der Waals surface area contributed by atoms with Crippen molar-refractivity contribution in [2.45, 2.75) is 0 Å². The van der Waals surface area contributed by atoms with Crippen molar-refractivity contribution in [3.8, 4) is 22.6 Å². The summed E-state index contributed by atoms with van der Waals surface area (Å²) in [7, 11) is 0. The fourth-order valence-electron chi connectivity index (χ4n) is 2.28. The highest BCUT2D eigenvalue weighted by atomic mass is 35.5. The molecular weight excluding hydrogens is 295 g/mol. The van der Waals surface area contributed by atoms with Crippen LogP contribution in [0.15, 0.2) is 48.5 Å². The lowest BCUT2D eigenvalue weighted by molar-refractivity contribution is 0.462. The zero-order valence-electron chi connectivity index (χ0n) is 10.3. The van der Waals surface area contributed by atoms with Gasteiger partial charge in [-0.05, 0) is 35.0 Å². The molecule has 3 aromatic rings. The fourth-order valence-corrected chi connectivity index (χ4v) is 2.75. The number of halogens is 2. The van der Waals surface area contributed by atoms with E-state index >= 15 is 0 Å². The van der Waals surface area contributed by atoms with Crippen LogP contribution in [0.5, 0.6) is 11.5 Å². The molecule has 0 saturated heterocycles. The molecule has 0 radical (unpaired) electrons. The molecule has 0 fully saturated rings. The molecule has 0 unspecified atom stereocenters. The SMILES string of the molecule is Oc1ccc(O)c(-c2c(Cl)c(Cl)cc3ccccc23)c1. The minimum Gasteiger partial charge on any atom is -0.508 e. The summed E-state index contributed by atoms with van der Waals surface area (Å²) >= 11 is 12.5. The first-order valence-corrected chi connectivity index (χ1v) is 6.72. The predicted octanol–water partition coefficient (Wildman–Crippen LogP) is 5.22. The average molecular weight is 305 g/mol. The second-order valence-corrected chi connectivity index (χ2v) is 5.26. The molecule has 100 valence electrons. The molecule has 0 aliphatic carbocycles. The molecule has 0 spiro atoms. The number of phenols is 2. The number of aromatic hydroxyl groups is 2. The first-order chi connectivity index (χ1) is 9.58. The van der Waals surface area contributed by atoms with Crippen molar-refractivity contribution in [1.29, 1.82) is 0 Å². The first kappa shape index (κ1) is 13.1. The highest BCUT2D eigenvalue weighted by Crippen LogP contribution is 2.44. The Balaban J connectivity index is 2.46. The number of hydrogen-bond donors (Lipinski definition) is 2. The van der Waals surface area contributed by atoms with E-state index in [0.29, 0.717) is 21.2 Å². The first-order valence-electron chi connectivity index (χ1n) is 5.97. The van der Waals surface area contributed by atoms with Gasteiger partial charge in [0, 0.05) is 11.1 Å². The molecule has 20 heavy (non-hydrogen) atoms. The van der Waals surface area contributed by atoms with Gasteiger partial charge in [0.05, 0.1) is 10.0 Å². The normalized spacial score (nSPS) is 10.9. The largest absolute Gasteiger partial charge is 0.508 e. The quantitative estimate of drug-likeness (QED) is 0.605. The van der Waals surface area contributed by atoms with E-state index in [4.69, 9.17) is 23.2 Å². The summed E-state index contributed by atoms with van der Waals surface area (Å²) in [6, 6.07) is 13.7. The maximum atomic E-state index is 10.1. The Hall–Kier alpha value is -1.90. The zero-order chi connectivity index (χ0) is 14.3. The molecule has 0 atom stereocenters. The molecule has 3 rings (SSSR count). The van der Waals surface area contributed by atoms with Gasteiger partial charge in [-0.25, -0.2) is 0 Å².